The number of imide groups is 1. The molecule has 1 aliphatic rings. The zero-order chi connectivity index (χ0) is 26.9. The third-order valence-corrected chi connectivity index (χ3v) is 5.15. The first-order valence-electron chi connectivity index (χ1n) is 12.3. The molecule has 2 aromatic carbocycles. The molecule has 8 heteroatoms. The van der Waals surface area contributed by atoms with Gasteiger partial charge in [0.05, 0.1) is 13.0 Å². The number of aromatic nitrogens is 1. The molecule has 2 N–H and O–H groups in total. The lowest BCUT2D eigenvalue weighted by atomic mass is 9.93. The number of nitrogens with one attached hydrogen (secondary N) is 2. The maximum Gasteiger partial charge on any atom is 0.329 e. The summed E-state index contributed by atoms with van der Waals surface area (Å²) in [6, 6.07) is 15.3. The van der Waals surface area contributed by atoms with Crippen LogP contribution in [0.4, 0.5) is 16.3 Å². The minimum atomic E-state index is -0.489. The van der Waals surface area contributed by atoms with Crippen LogP contribution in [0.25, 0.3) is 0 Å². The molecule has 0 aliphatic carbocycles. The van der Waals surface area contributed by atoms with Gasteiger partial charge >= 0.3 is 6.03 Å². The van der Waals surface area contributed by atoms with Gasteiger partial charge in [-0.25, -0.2) is 4.79 Å². The molecule has 0 unspecified atom stereocenters. The highest BCUT2D eigenvalue weighted by atomic mass is 16.5. The van der Waals surface area contributed by atoms with Crippen molar-refractivity contribution in [2.75, 3.05) is 10.6 Å². The predicted octanol–water partition coefficient (Wildman–Crippen LogP) is 6.39. The molecule has 0 saturated carbocycles. The molecule has 1 aromatic heterocycles. The Kier molecular flexibility index (Phi) is 9.96. The first-order valence-corrected chi connectivity index (χ1v) is 12.3. The van der Waals surface area contributed by atoms with Crippen molar-refractivity contribution in [2.45, 2.75) is 66.8 Å². The number of anilines is 2. The van der Waals surface area contributed by atoms with E-state index in [1.54, 1.807) is 42.5 Å². The number of carbonyl (C=O) groups is 3. The summed E-state index contributed by atoms with van der Waals surface area (Å²) in [6.07, 6.45) is 0.145. The molecule has 0 spiro atoms. The van der Waals surface area contributed by atoms with Gasteiger partial charge in [0, 0.05) is 22.7 Å². The summed E-state index contributed by atoms with van der Waals surface area (Å²) < 4.78 is 5.27. The van der Waals surface area contributed by atoms with Crippen molar-refractivity contribution in [3.05, 3.63) is 77.0 Å². The zero-order valence-corrected chi connectivity index (χ0v) is 22.1. The van der Waals surface area contributed by atoms with Gasteiger partial charge in [0.2, 0.25) is 5.91 Å². The van der Waals surface area contributed by atoms with Crippen LogP contribution in [0, 0.1) is 0 Å². The van der Waals surface area contributed by atoms with E-state index in [1.165, 1.54) is 4.90 Å². The maximum atomic E-state index is 12.5. The standard InChI is InChI=1S/C24H24N4O4.2C2H6/c1-24(2,3)19-13-20(27-32-19)26-21(29)12-15-8-10-17(11-9-15)25-23(31)28-14-16-6-4-5-7-18(16)22(28)30;2*1-2/h4-11,13H,12,14H2,1-3H3,(H,25,31)(H,26,27,29);2*1-2H3. The molecule has 4 rings (SSSR count). The van der Waals surface area contributed by atoms with Crippen LogP contribution in [-0.4, -0.2) is 27.9 Å². The number of fused-ring (bicyclic) bond motifs is 1. The minimum absolute atomic E-state index is 0.145. The summed E-state index contributed by atoms with van der Waals surface area (Å²) in [5.41, 5.74) is 2.49. The zero-order valence-electron chi connectivity index (χ0n) is 22.1. The Morgan fingerprint density at radius 1 is 0.972 bits per heavy atom. The van der Waals surface area contributed by atoms with Crippen LogP contribution in [0.1, 0.15) is 75.7 Å². The summed E-state index contributed by atoms with van der Waals surface area (Å²) in [6.45, 7) is 14.2. The van der Waals surface area contributed by atoms with Gasteiger partial charge in [0.1, 0.15) is 5.76 Å². The minimum Gasteiger partial charge on any atom is -0.359 e. The highest BCUT2D eigenvalue weighted by molar-refractivity contribution is 6.10. The Morgan fingerprint density at radius 2 is 1.61 bits per heavy atom. The molecule has 36 heavy (non-hydrogen) atoms. The number of carbonyl (C=O) groups excluding carboxylic acids is 3. The van der Waals surface area contributed by atoms with Crippen LogP contribution >= 0.6 is 0 Å². The molecule has 0 atom stereocenters. The Bertz CT molecular complexity index is 1180. The van der Waals surface area contributed by atoms with Gasteiger partial charge in [-0.1, -0.05) is 84.0 Å². The topological polar surface area (TPSA) is 105 Å². The third-order valence-electron chi connectivity index (χ3n) is 5.15. The van der Waals surface area contributed by atoms with Gasteiger partial charge in [-0.3, -0.25) is 14.5 Å². The molecule has 8 nitrogen and oxygen atoms in total. The average molecular weight is 493 g/mol. The van der Waals surface area contributed by atoms with Crippen molar-refractivity contribution in [1.29, 1.82) is 0 Å². The van der Waals surface area contributed by atoms with Crippen LogP contribution < -0.4 is 10.6 Å². The molecule has 1 aliphatic heterocycles. The van der Waals surface area contributed by atoms with Gasteiger partial charge in [0.25, 0.3) is 5.91 Å². The molecule has 3 aromatic rings. The SMILES string of the molecule is CC.CC.CC(C)(C)c1cc(NC(=O)Cc2ccc(NC(=O)N3Cc4ccccc4C3=O)cc2)no1. The lowest BCUT2D eigenvalue weighted by Crippen LogP contribution is -2.35. The summed E-state index contributed by atoms with van der Waals surface area (Å²) in [7, 11) is 0. The molecule has 2 heterocycles. The number of benzene rings is 2. The molecular weight excluding hydrogens is 456 g/mol. The maximum absolute atomic E-state index is 12.5. The Morgan fingerprint density at radius 3 is 2.19 bits per heavy atom. The van der Waals surface area contributed by atoms with Crippen molar-refractivity contribution in [3.63, 3.8) is 0 Å². The molecular formula is C28H36N4O4. The normalized spacial score (nSPS) is 12.0. The fourth-order valence-corrected chi connectivity index (χ4v) is 3.38. The van der Waals surface area contributed by atoms with Crippen molar-refractivity contribution >= 4 is 29.4 Å². The van der Waals surface area contributed by atoms with E-state index in [2.05, 4.69) is 15.8 Å². The molecule has 0 saturated heterocycles. The fraction of sp³-hybridized carbons (Fsp3) is 0.357. The van der Waals surface area contributed by atoms with Crippen LogP contribution in [0.15, 0.2) is 59.1 Å². The smallest absolute Gasteiger partial charge is 0.329 e. The molecule has 0 radical (unpaired) electrons. The second-order valence-electron chi connectivity index (χ2n) is 8.73. The number of hydrogen-bond donors (Lipinski definition) is 2. The van der Waals surface area contributed by atoms with E-state index >= 15 is 0 Å². The Hall–Kier alpha value is -3.94. The number of urea groups is 1. The van der Waals surface area contributed by atoms with Gasteiger partial charge in [-0.2, -0.15) is 0 Å². The second-order valence-corrected chi connectivity index (χ2v) is 8.73. The van der Waals surface area contributed by atoms with Crippen molar-refractivity contribution in [1.82, 2.24) is 10.1 Å². The third kappa shape index (κ3) is 7.04. The van der Waals surface area contributed by atoms with Crippen molar-refractivity contribution in [3.8, 4) is 0 Å². The van der Waals surface area contributed by atoms with Crippen LogP contribution in [0.2, 0.25) is 0 Å². The lowest BCUT2D eigenvalue weighted by molar-refractivity contribution is -0.115. The first kappa shape index (κ1) is 28.3. The van der Waals surface area contributed by atoms with Crippen molar-refractivity contribution in [2.24, 2.45) is 0 Å². The van der Waals surface area contributed by atoms with Crippen LogP contribution in [0.5, 0.6) is 0 Å². The highest BCUT2D eigenvalue weighted by Crippen LogP contribution is 2.25. The van der Waals surface area contributed by atoms with Gasteiger partial charge in [0.15, 0.2) is 5.82 Å². The summed E-state index contributed by atoms with van der Waals surface area (Å²) in [4.78, 5) is 38.5. The molecule has 192 valence electrons. The summed E-state index contributed by atoms with van der Waals surface area (Å²) in [5.74, 6) is 0.525. The summed E-state index contributed by atoms with van der Waals surface area (Å²) >= 11 is 0. The predicted molar refractivity (Wildman–Crippen MR) is 142 cm³/mol. The van der Waals surface area contributed by atoms with Crippen molar-refractivity contribution < 1.29 is 18.9 Å². The van der Waals surface area contributed by atoms with E-state index in [4.69, 9.17) is 4.52 Å². The summed E-state index contributed by atoms with van der Waals surface area (Å²) in [5, 5.41) is 9.34. The van der Waals surface area contributed by atoms with E-state index in [-0.39, 0.29) is 30.2 Å². The first-order chi connectivity index (χ1) is 17.2. The fourth-order valence-electron chi connectivity index (χ4n) is 3.38. The van der Waals surface area contributed by atoms with E-state index in [0.29, 0.717) is 22.8 Å². The second kappa shape index (κ2) is 12.7. The number of rotatable bonds is 4. The van der Waals surface area contributed by atoms with E-state index in [0.717, 1.165) is 11.1 Å². The quantitative estimate of drug-likeness (QED) is 0.439. The Labute approximate surface area is 213 Å². The number of amides is 4. The van der Waals surface area contributed by atoms with E-state index in [9.17, 15) is 14.4 Å². The lowest BCUT2D eigenvalue weighted by Gasteiger charge is -2.15. The van der Waals surface area contributed by atoms with Crippen LogP contribution in [-0.2, 0) is 23.2 Å². The molecule has 4 amide bonds. The van der Waals surface area contributed by atoms with Gasteiger partial charge in [-0.05, 0) is 29.3 Å². The molecule has 0 fully saturated rings. The van der Waals surface area contributed by atoms with Gasteiger partial charge in [-0.15, -0.1) is 0 Å². The number of hydrogen-bond acceptors (Lipinski definition) is 5. The monoisotopic (exact) mass is 492 g/mol. The molecule has 0 bridgehead atoms. The van der Waals surface area contributed by atoms with E-state index in [1.807, 2.05) is 60.6 Å². The van der Waals surface area contributed by atoms with E-state index < -0.39 is 6.03 Å². The Balaban J connectivity index is 0.00000109. The number of nitrogens with zero attached hydrogens (tertiary/aromatic N) is 2. The van der Waals surface area contributed by atoms with Gasteiger partial charge < -0.3 is 15.2 Å². The largest absolute Gasteiger partial charge is 0.359 e. The highest BCUT2D eigenvalue weighted by Gasteiger charge is 2.31. The average Bonchev–Trinajstić information content (AvgIpc) is 3.48. The van der Waals surface area contributed by atoms with Crippen LogP contribution in [0.3, 0.4) is 0 Å².